The Morgan fingerprint density at radius 3 is 2.10 bits per heavy atom. The Kier molecular flexibility index (Phi) is 8.72. The molecule has 6 nitrogen and oxygen atoms in total. The van der Waals surface area contributed by atoms with Crippen LogP contribution >= 0.6 is 0 Å². The molecule has 9 heteroatoms. The minimum Gasteiger partial charge on any atom is -0.744 e. The zero-order valence-electron chi connectivity index (χ0n) is 17.8. The number of aryl methyl sites for hydroxylation is 1. The van der Waals surface area contributed by atoms with Crippen molar-refractivity contribution < 1.29 is 50.9 Å². The van der Waals surface area contributed by atoms with Crippen LogP contribution in [0.25, 0.3) is 11.1 Å². The van der Waals surface area contributed by atoms with Crippen molar-refractivity contribution in [2.75, 3.05) is 10.5 Å². The Balaban J connectivity index is 0.00000341. The monoisotopic (exact) mass is 469 g/mol. The molecule has 0 aliphatic heterocycles. The van der Waals surface area contributed by atoms with E-state index >= 15 is 0 Å². The smallest absolute Gasteiger partial charge is 0.744 e. The van der Waals surface area contributed by atoms with Crippen LogP contribution in [0, 0.1) is 0 Å². The summed E-state index contributed by atoms with van der Waals surface area (Å²) in [7, 11) is -8.19. The maximum Gasteiger partial charge on any atom is 1.00 e. The average Bonchev–Trinajstić information content (AvgIpc) is 2.85. The first-order valence-electron chi connectivity index (χ1n) is 9.64. The third-order valence-corrected chi connectivity index (χ3v) is 7.18. The van der Waals surface area contributed by atoms with Gasteiger partial charge in [-0.2, -0.15) is 0 Å². The zero-order valence-corrected chi connectivity index (χ0v) is 21.5. The third kappa shape index (κ3) is 6.78. The number of hydrogen-bond acceptors (Lipinski definition) is 5. The molecule has 31 heavy (non-hydrogen) atoms. The van der Waals surface area contributed by atoms with Crippen molar-refractivity contribution >= 4 is 25.8 Å². The summed E-state index contributed by atoms with van der Waals surface area (Å²) in [4.78, 5) is -0.260. The van der Waals surface area contributed by atoms with E-state index in [0.29, 0.717) is 28.8 Å². The minimum absolute atomic E-state index is 0. The van der Waals surface area contributed by atoms with Crippen LogP contribution in [0.1, 0.15) is 37.3 Å². The van der Waals surface area contributed by atoms with Gasteiger partial charge in [-0.25, -0.2) is 16.8 Å². The summed E-state index contributed by atoms with van der Waals surface area (Å²) in [5.41, 5.74) is 3.19. The molecule has 1 aromatic rings. The normalized spacial score (nSPS) is 12.0. The van der Waals surface area contributed by atoms with Crippen molar-refractivity contribution in [1.82, 2.24) is 0 Å². The minimum atomic E-state index is -4.65. The molecule has 0 radical (unpaired) electrons. The standard InChI is InChI=1S/C22H25NO5S2.Na/c1-16(2)17-10-12-20-18(15-22(30(26,27)28)21(20)13-11-17)7-6-14-29(24,25)23-19-8-4-3-5-9-19;/h3-5,8-13,15-16,23H,6-7,14H2,1-2H3,(H,26,27,28);/q;+1/p-1. The fourth-order valence-electron chi connectivity index (χ4n) is 3.39. The quantitative estimate of drug-likeness (QED) is 0.394. The third-order valence-electron chi connectivity index (χ3n) is 4.93. The fraction of sp³-hybridized carbons (Fsp3) is 0.273. The first-order valence-corrected chi connectivity index (χ1v) is 12.7. The van der Waals surface area contributed by atoms with Gasteiger partial charge in [0.2, 0.25) is 10.0 Å². The molecule has 0 unspecified atom stereocenters. The van der Waals surface area contributed by atoms with Crippen molar-refractivity contribution in [2.24, 2.45) is 0 Å². The van der Waals surface area contributed by atoms with Crippen LogP contribution in [0.15, 0.2) is 65.6 Å². The van der Waals surface area contributed by atoms with Gasteiger partial charge >= 0.3 is 29.6 Å². The van der Waals surface area contributed by atoms with Gasteiger partial charge in [0.1, 0.15) is 10.1 Å². The number of rotatable bonds is 8. The molecule has 0 bridgehead atoms. The summed E-state index contributed by atoms with van der Waals surface area (Å²) in [6, 6.07) is 17.2. The zero-order chi connectivity index (χ0) is 21.9. The van der Waals surface area contributed by atoms with Crippen molar-refractivity contribution in [1.29, 1.82) is 0 Å². The molecule has 2 aliphatic rings. The van der Waals surface area contributed by atoms with E-state index in [2.05, 4.69) is 4.72 Å². The average molecular weight is 470 g/mol. The van der Waals surface area contributed by atoms with Crippen LogP contribution in [0.5, 0.6) is 0 Å². The van der Waals surface area contributed by atoms with Crippen LogP contribution in [0.2, 0.25) is 0 Å². The number of anilines is 1. The van der Waals surface area contributed by atoms with Crippen LogP contribution in [-0.4, -0.2) is 27.1 Å². The molecule has 160 valence electrons. The molecule has 0 atom stereocenters. The molecule has 0 heterocycles. The first kappa shape index (κ1) is 25.8. The van der Waals surface area contributed by atoms with Gasteiger partial charge in [0.05, 0.1) is 10.6 Å². The molecule has 3 rings (SSSR count). The summed E-state index contributed by atoms with van der Waals surface area (Å²) < 4.78 is 62.5. The Bertz CT molecular complexity index is 1210. The van der Waals surface area contributed by atoms with Gasteiger partial charge in [-0.1, -0.05) is 56.3 Å². The van der Waals surface area contributed by atoms with E-state index in [-0.39, 0.29) is 52.5 Å². The van der Waals surface area contributed by atoms with Crippen LogP contribution in [0.3, 0.4) is 0 Å². The van der Waals surface area contributed by atoms with E-state index in [1.54, 1.807) is 36.4 Å². The van der Waals surface area contributed by atoms with Crippen molar-refractivity contribution in [3.8, 4) is 11.1 Å². The van der Waals surface area contributed by atoms with E-state index in [1.165, 1.54) is 6.07 Å². The molecule has 0 spiro atoms. The molecule has 1 N–H and O–H groups in total. The molecular weight excluding hydrogens is 445 g/mol. The Hall–Kier alpha value is -1.42. The summed E-state index contributed by atoms with van der Waals surface area (Å²) in [5, 5.41) is 0. The maximum absolute atomic E-state index is 12.3. The van der Waals surface area contributed by atoms with E-state index < -0.39 is 20.1 Å². The van der Waals surface area contributed by atoms with E-state index in [0.717, 1.165) is 5.56 Å². The molecule has 0 saturated carbocycles. The Morgan fingerprint density at radius 1 is 0.903 bits per heavy atom. The van der Waals surface area contributed by atoms with Gasteiger partial charge in [-0.3, -0.25) is 4.72 Å². The molecule has 0 saturated heterocycles. The van der Waals surface area contributed by atoms with E-state index in [9.17, 15) is 21.4 Å². The number of para-hydroxylation sites is 1. The second kappa shape index (κ2) is 10.5. The van der Waals surface area contributed by atoms with Gasteiger partial charge in [0.25, 0.3) is 0 Å². The summed E-state index contributed by atoms with van der Waals surface area (Å²) in [5.74, 6) is 0.121. The second-order valence-electron chi connectivity index (χ2n) is 7.53. The number of benzene rings is 1. The number of sulfonamides is 1. The number of hydrogen-bond donors (Lipinski definition) is 1. The van der Waals surface area contributed by atoms with Crippen molar-refractivity contribution in [3.63, 3.8) is 0 Å². The van der Waals surface area contributed by atoms with Crippen molar-refractivity contribution in [3.05, 3.63) is 71.8 Å². The van der Waals surface area contributed by atoms with Crippen molar-refractivity contribution in [2.45, 2.75) is 37.5 Å². The van der Waals surface area contributed by atoms with Gasteiger partial charge in [0, 0.05) is 5.69 Å². The molecule has 0 aromatic heterocycles. The summed E-state index contributed by atoms with van der Waals surface area (Å²) in [6.45, 7) is 4.05. The van der Waals surface area contributed by atoms with E-state index in [1.807, 2.05) is 32.0 Å². The maximum atomic E-state index is 12.3. The summed E-state index contributed by atoms with van der Waals surface area (Å²) >= 11 is 0. The predicted octanol–water partition coefficient (Wildman–Crippen LogP) is 1.20. The number of fused-ring (bicyclic) bond motifs is 1. The molecule has 1 aromatic carbocycles. The number of nitrogens with one attached hydrogen (secondary N) is 1. The molecular formula is C22H24NNaO5S2. The summed E-state index contributed by atoms with van der Waals surface area (Å²) in [6.07, 6.45) is 0.623. The SMILES string of the molecule is CC(C)c1ccc2c(CCCS(=O)(=O)Nc3ccccc3)cc(S(=O)(=O)[O-])c-2cc1.[Na+]. The van der Waals surface area contributed by atoms with Crippen LogP contribution in [0.4, 0.5) is 5.69 Å². The van der Waals surface area contributed by atoms with Gasteiger partial charge in [0.15, 0.2) is 0 Å². The van der Waals surface area contributed by atoms with Crippen LogP contribution in [-0.2, 0) is 26.6 Å². The molecule has 0 fully saturated rings. The topological polar surface area (TPSA) is 103 Å². The van der Waals surface area contributed by atoms with E-state index in [4.69, 9.17) is 0 Å². The largest absolute Gasteiger partial charge is 1.00 e. The molecule has 2 aliphatic carbocycles. The van der Waals surface area contributed by atoms with Gasteiger partial charge in [-0.05, 0) is 59.2 Å². The fourth-order valence-corrected chi connectivity index (χ4v) is 5.25. The van der Waals surface area contributed by atoms with Crippen LogP contribution < -0.4 is 34.3 Å². The second-order valence-corrected chi connectivity index (χ2v) is 10.7. The first-order chi connectivity index (χ1) is 14.1. The molecule has 0 amide bonds. The van der Waals surface area contributed by atoms with Gasteiger partial charge < -0.3 is 4.55 Å². The Labute approximate surface area is 206 Å². The van der Waals surface area contributed by atoms with Gasteiger partial charge in [-0.15, -0.1) is 0 Å². The predicted molar refractivity (Wildman–Crippen MR) is 117 cm³/mol. The Morgan fingerprint density at radius 2 is 1.52 bits per heavy atom.